The van der Waals surface area contributed by atoms with Gasteiger partial charge in [-0.1, -0.05) is 12.7 Å². The van der Waals surface area contributed by atoms with Crippen LogP contribution in [-0.4, -0.2) is 4.01 Å². The maximum Gasteiger partial charge on any atom is 0.0192 e. The fourth-order valence-corrected chi connectivity index (χ4v) is 1.57. The molecule has 0 fully saturated rings. The minimum absolute atomic E-state index is 0.0674. The molecule has 0 aliphatic rings. The van der Waals surface area contributed by atoms with Crippen molar-refractivity contribution in [3.05, 3.63) is 23.9 Å². The van der Waals surface area contributed by atoms with Crippen LogP contribution in [0.3, 0.4) is 0 Å². The molecule has 0 aromatic carbocycles. The minimum atomic E-state index is 0.0674. The Morgan fingerprint density at radius 1 is 1.50 bits per heavy atom. The molecule has 0 radical (unpaired) electrons. The third kappa shape index (κ3) is 3.82. The predicted molar refractivity (Wildman–Crippen MR) is 57.5 cm³/mol. The van der Waals surface area contributed by atoms with Crippen molar-refractivity contribution in [3.8, 4) is 0 Å². The number of rotatable bonds is 3. The lowest BCUT2D eigenvalue weighted by Gasteiger charge is -2.00. The molecule has 0 aromatic rings. The smallest absolute Gasteiger partial charge is 0.0192 e. The van der Waals surface area contributed by atoms with Gasteiger partial charge in [-0.25, -0.2) is 0 Å². The second kappa shape index (κ2) is 5.65. The zero-order chi connectivity index (χ0) is 7.98. The van der Waals surface area contributed by atoms with Gasteiger partial charge in [0.15, 0.2) is 0 Å². The quantitative estimate of drug-likeness (QED) is 0.462. The van der Waals surface area contributed by atoms with Crippen molar-refractivity contribution < 1.29 is 0 Å². The molecule has 58 valence electrons. The molecule has 0 aliphatic carbocycles. The Morgan fingerprint density at radius 3 is 2.50 bits per heavy atom. The van der Waals surface area contributed by atoms with Gasteiger partial charge in [0.25, 0.3) is 0 Å². The van der Waals surface area contributed by atoms with Crippen LogP contribution in [0.2, 0.25) is 0 Å². The average molecular weight is 251 g/mol. The van der Waals surface area contributed by atoms with Gasteiger partial charge in [-0.05, 0) is 51.4 Å². The molecule has 1 nitrogen and oxygen atoms in total. The number of nitrogens with one attached hydrogen (secondary N) is 1. The van der Waals surface area contributed by atoms with E-state index in [0.717, 1.165) is 0 Å². The SMILES string of the molecule is C=C/C(C)=C(\C)NI=CC. The molecular weight excluding hydrogens is 237 g/mol. The molecule has 2 heteroatoms. The molecule has 0 aliphatic heterocycles. The van der Waals surface area contributed by atoms with Crippen molar-refractivity contribution in [2.24, 2.45) is 0 Å². The lowest BCUT2D eigenvalue weighted by molar-refractivity contribution is 1.19. The summed E-state index contributed by atoms with van der Waals surface area (Å²) in [5.41, 5.74) is 2.49. The fraction of sp³-hybridized carbons (Fsp3) is 0.375. The zero-order valence-corrected chi connectivity index (χ0v) is 8.90. The number of hydrogen-bond donors (Lipinski definition) is 1. The van der Waals surface area contributed by atoms with E-state index >= 15 is 0 Å². The lowest BCUT2D eigenvalue weighted by atomic mass is 10.2. The van der Waals surface area contributed by atoms with Crippen molar-refractivity contribution in [2.75, 3.05) is 0 Å². The monoisotopic (exact) mass is 251 g/mol. The van der Waals surface area contributed by atoms with Gasteiger partial charge in [0.2, 0.25) is 0 Å². The Bertz CT molecular complexity index is 168. The third-order valence-electron chi connectivity index (χ3n) is 1.20. The van der Waals surface area contributed by atoms with E-state index < -0.39 is 0 Å². The van der Waals surface area contributed by atoms with Gasteiger partial charge in [0.1, 0.15) is 0 Å². The van der Waals surface area contributed by atoms with Gasteiger partial charge >= 0.3 is 0 Å². The summed E-state index contributed by atoms with van der Waals surface area (Å²) in [6.07, 6.45) is 1.88. The summed E-state index contributed by atoms with van der Waals surface area (Å²) < 4.78 is 5.54. The number of halogens is 1. The molecule has 0 spiro atoms. The minimum Gasteiger partial charge on any atom is -0.338 e. The van der Waals surface area contributed by atoms with Crippen LogP contribution in [0.5, 0.6) is 0 Å². The van der Waals surface area contributed by atoms with E-state index in [0.29, 0.717) is 0 Å². The summed E-state index contributed by atoms with van der Waals surface area (Å²) >= 11 is 0.0674. The second-order valence-electron chi connectivity index (χ2n) is 1.93. The molecule has 0 heterocycles. The van der Waals surface area contributed by atoms with Crippen LogP contribution in [0.15, 0.2) is 23.9 Å². The summed E-state index contributed by atoms with van der Waals surface area (Å²) in [6, 6.07) is 0. The molecule has 0 aromatic heterocycles. The van der Waals surface area contributed by atoms with Gasteiger partial charge in [-0.15, -0.1) is 0 Å². The molecule has 0 amide bonds. The summed E-state index contributed by atoms with van der Waals surface area (Å²) in [5, 5.41) is 0. The molecule has 10 heavy (non-hydrogen) atoms. The topological polar surface area (TPSA) is 12.0 Å². The van der Waals surface area contributed by atoms with Crippen molar-refractivity contribution in [2.45, 2.75) is 20.8 Å². The Balaban J connectivity index is 4.04. The average Bonchev–Trinajstić information content (AvgIpc) is 1.98. The fourth-order valence-electron chi connectivity index (χ4n) is 0.364. The van der Waals surface area contributed by atoms with Gasteiger partial charge < -0.3 is 3.53 Å². The van der Waals surface area contributed by atoms with Crippen LogP contribution in [0.1, 0.15) is 20.8 Å². The van der Waals surface area contributed by atoms with Crippen LogP contribution in [0.4, 0.5) is 0 Å². The Morgan fingerprint density at radius 2 is 2.10 bits per heavy atom. The second-order valence-corrected chi connectivity index (χ2v) is 4.34. The maximum atomic E-state index is 3.69. The van der Waals surface area contributed by atoms with E-state index in [1.165, 1.54) is 11.3 Å². The van der Waals surface area contributed by atoms with Crippen molar-refractivity contribution in [1.29, 1.82) is 0 Å². The Hall–Kier alpha value is -0.120. The van der Waals surface area contributed by atoms with Crippen molar-refractivity contribution in [3.63, 3.8) is 0 Å². The highest BCUT2D eigenvalue weighted by atomic mass is 127. The summed E-state index contributed by atoms with van der Waals surface area (Å²) in [6.45, 7) is 9.92. The Labute approximate surface area is 73.3 Å². The highest BCUT2D eigenvalue weighted by molar-refractivity contribution is 14.2. The van der Waals surface area contributed by atoms with Crippen LogP contribution >= 0.6 is 21.0 Å². The number of allylic oxidation sites excluding steroid dienone is 3. The molecule has 1 N–H and O–H groups in total. The van der Waals surface area contributed by atoms with Crippen molar-refractivity contribution in [1.82, 2.24) is 3.53 Å². The van der Waals surface area contributed by atoms with Crippen LogP contribution in [0, 0.1) is 0 Å². The number of hydrogen-bond acceptors (Lipinski definition) is 1. The molecular formula is C8H14IN. The van der Waals surface area contributed by atoms with Gasteiger partial charge in [-0.3, -0.25) is 0 Å². The van der Waals surface area contributed by atoms with Crippen LogP contribution in [0.25, 0.3) is 0 Å². The van der Waals surface area contributed by atoms with Gasteiger partial charge in [0.05, 0.1) is 0 Å². The standard InChI is InChI=1S/C8H14IN/c1-5-7(3)8(4)10-9-6-2/h5-6,10H,1H2,2-4H3/b8-7+. The first-order valence-corrected chi connectivity index (χ1v) is 5.51. The van der Waals surface area contributed by atoms with Crippen molar-refractivity contribution >= 4 is 25.0 Å². The van der Waals surface area contributed by atoms with Crippen LogP contribution in [-0.2, 0) is 0 Å². The molecule has 0 saturated heterocycles. The van der Waals surface area contributed by atoms with E-state index in [2.05, 4.69) is 34.9 Å². The highest BCUT2D eigenvalue weighted by Gasteiger charge is 1.86. The largest absolute Gasteiger partial charge is 0.338 e. The first-order chi connectivity index (χ1) is 4.72. The zero-order valence-electron chi connectivity index (χ0n) is 6.74. The van der Waals surface area contributed by atoms with E-state index in [1.807, 2.05) is 6.08 Å². The molecule has 0 bridgehead atoms. The highest BCUT2D eigenvalue weighted by Crippen LogP contribution is 2.03. The summed E-state index contributed by atoms with van der Waals surface area (Å²) in [5.74, 6) is 0. The predicted octanol–water partition coefficient (Wildman–Crippen LogP) is 2.76. The molecule has 0 atom stereocenters. The molecule has 0 saturated carbocycles. The van der Waals surface area contributed by atoms with E-state index in [4.69, 9.17) is 0 Å². The normalized spacial score (nSPS) is 13.9. The van der Waals surface area contributed by atoms with Gasteiger partial charge in [-0.2, -0.15) is 0 Å². The lowest BCUT2D eigenvalue weighted by Crippen LogP contribution is -1.96. The first kappa shape index (κ1) is 9.88. The third-order valence-corrected chi connectivity index (χ3v) is 2.95. The van der Waals surface area contributed by atoms with Gasteiger partial charge in [0, 0.05) is 5.70 Å². The summed E-state index contributed by atoms with van der Waals surface area (Å²) in [4.78, 5) is 0. The summed E-state index contributed by atoms with van der Waals surface area (Å²) in [7, 11) is 0. The van der Waals surface area contributed by atoms with E-state index in [9.17, 15) is 0 Å². The molecule has 0 unspecified atom stereocenters. The maximum absolute atomic E-state index is 3.69. The van der Waals surface area contributed by atoms with E-state index in [1.54, 1.807) is 0 Å². The Kier molecular flexibility index (Phi) is 5.58. The molecule has 0 rings (SSSR count). The van der Waals surface area contributed by atoms with Crippen LogP contribution < -0.4 is 3.53 Å². The first-order valence-electron chi connectivity index (χ1n) is 3.18. The van der Waals surface area contributed by atoms with E-state index in [-0.39, 0.29) is 21.0 Å².